The number of nitrogens with zero attached hydrogens (tertiary/aromatic N) is 1. The SMILES string of the molecule is CN=C(NCc1ccsc1)NCc1cccc(S(=O)(=O)NCCOC)c1.I. The molecule has 0 aliphatic carbocycles. The van der Waals surface area contributed by atoms with Crippen LogP contribution in [0, 0.1) is 0 Å². The van der Waals surface area contributed by atoms with Crippen LogP contribution in [0.2, 0.25) is 0 Å². The molecule has 0 atom stereocenters. The van der Waals surface area contributed by atoms with Crippen LogP contribution < -0.4 is 15.4 Å². The van der Waals surface area contributed by atoms with Crippen LogP contribution in [0.1, 0.15) is 11.1 Å². The fraction of sp³-hybridized carbons (Fsp3) is 0.353. The summed E-state index contributed by atoms with van der Waals surface area (Å²) in [6.45, 7) is 1.71. The molecule has 2 rings (SSSR count). The second-order valence-corrected chi connectivity index (χ2v) is 8.00. The lowest BCUT2D eigenvalue weighted by molar-refractivity contribution is 0.204. The molecule has 0 aliphatic rings. The molecule has 0 unspecified atom stereocenters. The number of rotatable bonds is 9. The Hall–Kier alpha value is -1.21. The summed E-state index contributed by atoms with van der Waals surface area (Å²) >= 11 is 1.65. The van der Waals surface area contributed by atoms with Gasteiger partial charge in [0.25, 0.3) is 0 Å². The molecular weight excluding hydrogens is 499 g/mol. The Morgan fingerprint density at radius 1 is 1.19 bits per heavy atom. The number of hydrogen-bond donors (Lipinski definition) is 3. The van der Waals surface area contributed by atoms with E-state index in [1.54, 1.807) is 36.6 Å². The molecule has 0 bridgehead atoms. The van der Waals surface area contributed by atoms with Gasteiger partial charge in [-0.15, -0.1) is 24.0 Å². The highest BCUT2D eigenvalue weighted by Crippen LogP contribution is 2.11. The van der Waals surface area contributed by atoms with Gasteiger partial charge in [0, 0.05) is 33.8 Å². The van der Waals surface area contributed by atoms with Crippen LogP contribution in [0.3, 0.4) is 0 Å². The maximum absolute atomic E-state index is 12.3. The number of benzene rings is 1. The van der Waals surface area contributed by atoms with E-state index in [4.69, 9.17) is 4.74 Å². The van der Waals surface area contributed by atoms with Gasteiger partial charge >= 0.3 is 0 Å². The first-order chi connectivity index (χ1) is 12.5. The second-order valence-electron chi connectivity index (χ2n) is 5.45. The van der Waals surface area contributed by atoms with Crippen LogP contribution in [0.15, 0.2) is 51.0 Å². The molecule has 0 spiro atoms. The molecule has 150 valence electrons. The first kappa shape index (κ1) is 23.8. The molecular formula is C17H25IN4O3S2. The highest BCUT2D eigenvalue weighted by molar-refractivity contribution is 14.0. The van der Waals surface area contributed by atoms with Gasteiger partial charge in [-0.3, -0.25) is 4.99 Å². The predicted molar refractivity (Wildman–Crippen MR) is 120 cm³/mol. The van der Waals surface area contributed by atoms with Gasteiger partial charge in [0.15, 0.2) is 5.96 Å². The van der Waals surface area contributed by atoms with Gasteiger partial charge in [-0.05, 0) is 40.1 Å². The van der Waals surface area contributed by atoms with Crippen LogP contribution in [0.5, 0.6) is 0 Å². The average molecular weight is 524 g/mol. The monoisotopic (exact) mass is 524 g/mol. The molecule has 27 heavy (non-hydrogen) atoms. The summed E-state index contributed by atoms with van der Waals surface area (Å²) in [7, 11) is -0.316. The van der Waals surface area contributed by atoms with E-state index in [1.165, 1.54) is 12.7 Å². The summed E-state index contributed by atoms with van der Waals surface area (Å²) in [6.07, 6.45) is 0. The van der Waals surface area contributed by atoms with Gasteiger partial charge in [-0.2, -0.15) is 11.3 Å². The molecule has 1 aromatic carbocycles. The molecule has 3 N–H and O–H groups in total. The van der Waals surface area contributed by atoms with Crippen molar-refractivity contribution in [2.45, 2.75) is 18.0 Å². The third-order valence-corrected chi connectivity index (χ3v) is 5.72. The zero-order valence-corrected chi connectivity index (χ0v) is 19.2. The van der Waals surface area contributed by atoms with Crippen LogP contribution in [-0.2, 0) is 27.8 Å². The fourth-order valence-corrected chi connectivity index (χ4v) is 3.92. The topological polar surface area (TPSA) is 91.8 Å². The number of sulfonamides is 1. The summed E-state index contributed by atoms with van der Waals surface area (Å²) in [5.41, 5.74) is 2.03. The molecule has 10 heteroatoms. The Morgan fingerprint density at radius 2 is 1.93 bits per heavy atom. The van der Waals surface area contributed by atoms with Crippen LogP contribution in [-0.4, -0.2) is 41.7 Å². The molecule has 1 aromatic heterocycles. The highest BCUT2D eigenvalue weighted by atomic mass is 127. The zero-order chi connectivity index (χ0) is 18.8. The molecule has 0 amide bonds. The largest absolute Gasteiger partial charge is 0.383 e. The number of guanidine groups is 1. The second kappa shape index (κ2) is 12.3. The van der Waals surface area contributed by atoms with E-state index in [-0.39, 0.29) is 35.4 Å². The Kier molecular flexibility index (Phi) is 10.8. The van der Waals surface area contributed by atoms with E-state index in [1.807, 2.05) is 11.4 Å². The Balaban J connectivity index is 0.00000364. The molecule has 2 aromatic rings. The van der Waals surface area contributed by atoms with E-state index in [9.17, 15) is 8.42 Å². The van der Waals surface area contributed by atoms with E-state index >= 15 is 0 Å². The third kappa shape index (κ3) is 8.13. The van der Waals surface area contributed by atoms with Crippen molar-refractivity contribution in [3.8, 4) is 0 Å². The van der Waals surface area contributed by atoms with Crippen molar-refractivity contribution in [3.05, 3.63) is 52.2 Å². The number of halogens is 1. The lowest BCUT2D eigenvalue weighted by atomic mass is 10.2. The van der Waals surface area contributed by atoms with Crippen molar-refractivity contribution in [2.75, 3.05) is 27.3 Å². The standard InChI is InChI=1S/C17H24N4O3S2.HI/c1-18-17(20-12-15-6-9-25-13-15)19-11-14-4-3-5-16(10-14)26(22,23)21-7-8-24-2;/h3-6,9-10,13,21H,7-8,11-12H2,1-2H3,(H2,18,19,20);1H. The van der Waals surface area contributed by atoms with Crippen molar-refractivity contribution in [1.82, 2.24) is 15.4 Å². The summed E-state index contributed by atoms with van der Waals surface area (Å²) in [4.78, 5) is 4.41. The van der Waals surface area contributed by atoms with Gasteiger partial charge in [-0.1, -0.05) is 12.1 Å². The molecule has 0 saturated heterocycles. The Morgan fingerprint density at radius 3 is 2.56 bits per heavy atom. The molecule has 1 heterocycles. The van der Waals surface area contributed by atoms with Crippen LogP contribution >= 0.6 is 35.3 Å². The minimum Gasteiger partial charge on any atom is -0.383 e. The molecule has 0 fully saturated rings. The quantitative estimate of drug-likeness (QED) is 0.203. The van der Waals surface area contributed by atoms with Crippen molar-refractivity contribution >= 4 is 51.3 Å². The number of aliphatic imine (C=N–C) groups is 1. The van der Waals surface area contributed by atoms with Crippen LogP contribution in [0.4, 0.5) is 0 Å². The minimum absolute atomic E-state index is 0. The van der Waals surface area contributed by atoms with Crippen molar-refractivity contribution < 1.29 is 13.2 Å². The normalized spacial score (nSPS) is 11.7. The van der Waals surface area contributed by atoms with E-state index < -0.39 is 10.0 Å². The van der Waals surface area contributed by atoms with Gasteiger partial charge in [0.2, 0.25) is 10.0 Å². The van der Waals surface area contributed by atoms with Gasteiger partial charge in [0.05, 0.1) is 11.5 Å². The van der Waals surface area contributed by atoms with Crippen molar-refractivity contribution in [2.24, 2.45) is 4.99 Å². The van der Waals surface area contributed by atoms with Gasteiger partial charge in [0.1, 0.15) is 0 Å². The maximum Gasteiger partial charge on any atom is 0.240 e. The predicted octanol–water partition coefficient (Wildman–Crippen LogP) is 2.16. The van der Waals surface area contributed by atoms with Gasteiger partial charge < -0.3 is 15.4 Å². The average Bonchev–Trinajstić information content (AvgIpc) is 3.16. The number of hydrogen-bond acceptors (Lipinski definition) is 5. The summed E-state index contributed by atoms with van der Waals surface area (Å²) in [5.74, 6) is 0.655. The lowest BCUT2D eigenvalue weighted by Crippen LogP contribution is -2.36. The van der Waals surface area contributed by atoms with Gasteiger partial charge in [-0.25, -0.2) is 13.1 Å². The fourth-order valence-electron chi connectivity index (χ4n) is 2.17. The number of nitrogens with one attached hydrogen (secondary N) is 3. The van der Waals surface area contributed by atoms with E-state index in [0.29, 0.717) is 25.7 Å². The molecule has 7 nitrogen and oxygen atoms in total. The Labute approximate surface area is 181 Å². The molecule has 0 saturated carbocycles. The highest BCUT2D eigenvalue weighted by Gasteiger charge is 2.13. The molecule has 0 aliphatic heterocycles. The lowest BCUT2D eigenvalue weighted by Gasteiger charge is -2.12. The zero-order valence-electron chi connectivity index (χ0n) is 15.3. The first-order valence-corrected chi connectivity index (χ1v) is 10.5. The third-order valence-electron chi connectivity index (χ3n) is 3.53. The van der Waals surface area contributed by atoms with Crippen molar-refractivity contribution in [3.63, 3.8) is 0 Å². The summed E-state index contributed by atoms with van der Waals surface area (Å²) in [6, 6.07) is 8.86. The maximum atomic E-state index is 12.3. The van der Waals surface area contributed by atoms with E-state index in [2.05, 4.69) is 31.8 Å². The minimum atomic E-state index is -3.54. The summed E-state index contributed by atoms with van der Waals surface area (Å²) < 4.78 is 31.9. The van der Waals surface area contributed by atoms with E-state index in [0.717, 1.165) is 5.56 Å². The van der Waals surface area contributed by atoms with Crippen LogP contribution in [0.25, 0.3) is 0 Å². The summed E-state index contributed by atoms with van der Waals surface area (Å²) in [5, 5.41) is 10.5. The smallest absolute Gasteiger partial charge is 0.240 e. The number of ether oxygens (including phenoxy) is 1. The number of thiophene rings is 1. The van der Waals surface area contributed by atoms with Crippen molar-refractivity contribution in [1.29, 1.82) is 0 Å². The molecule has 0 radical (unpaired) electrons. The first-order valence-electron chi connectivity index (χ1n) is 8.08. The number of methoxy groups -OCH3 is 1. The Bertz CT molecular complexity index is 811.